The van der Waals surface area contributed by atoms with Crippen LogP contribution in [0, 0.1) is 0 Å². The molecule has 12 heteroatoms. The van der Waals surface area contributed by atoms with Gasteiger partial charge in [0.25, 0.3) is 0 Å². The molecule has 1 aromatic carbocycles. The monoisotopic (exact) mass is 408 g/mol. The van der Waals surface area contributed by atoms with Crippen LogP contribution in [0.3, 0.4) is 0 Å². The topological polar surface area (TPSA) is 136 Å². The number of aromatic nitrogens is 4. The molecule has 2 aromatic heterocycles. The minimum absolute atomic E-state index is 0.0608. The molecule has 0 spiro atoms. The minimum Gasteiger partial charge on any atom is -0.471 e. The molecule has 29 heavy (non-hydrogen) atoms. The number of fused-ring (bicyclic) bond motifs is 1. The standard InChI is InChI=1S/C17H15F3N6O3/c18-17(19,20)15(28)23-5-9-1-3-10(4-2-9)8-29-14-12-13(25-16(21)26-14)22-6-11(7-27)24-12/h1-4,6,27H,5,7-8H2,(H,23,28)(H2,21,22,25,26). The summed E-state index contributed by atoms with van der Waals surface area (Å²) in [7, 11) is 0. The Bertz CT molecular complexity index is 1030. The lowest BCUT2D eigenvalue weighted by molar-refractivity contribution is -0.173. The fourth-order valence-electron chi connectivity index (χ4n) is 2.30. The first-order valence-corrected chi connectivity index (χ1v) is 8.22. The molecule has 0 unspecified atom stereocenters. The number of amides is 1. The fourth-order valence-corrected chi connectivity index (χ4v) is 2.30. The molecular formula is C17H15F3N6O3. The SMILES string of the molecule is Nc1nc(OCc2ccc(CNC(=O)C(F)(F)F)cc2)c2nc(CO)cnc2n1. The maximum atomic E-state index is 12.2. The van der Waals surface area contributed by atoms with Gasteiger partial charge in [-0.15, -0.1) is 0 Å². The number of nitrogens with zero attached hydrogens (tertiary/aromatic N) is 4. The molecule has 4 N–H and O–H groups in total. The van der Waals surface area contributed by atoms with Gasteiger partial charge in [0.2, 0.25) is 11.8 Å². The molecular weight excluding hydrogens is 393 g/mol. The number of carbonyl (C=O) groups is 1. The number of alkyl halides is 3. The average Bonchev–Trinajstić information content (AvgIpc) is 2.69. The van der Waals surface area contributed by atoms with E-state index in [1.165, 1.54) is 6.20 Å². The molecule has 0 aliphatic carbocycles. The predicted molar refractivity (Wildman–Crippen MR) is 94.1 cm³/mol. The lowest BCUT2D eigenvalue weighted by Crippen LogP contribution is -2.36. The Kier molecular flexibility index (Phi) is 5.73. The van der Waals surface area contributed by atoms with Crippen LogP contribution in [0.25, 0.3) is 11.2 Å². The van der Waals surface area contributed by atoms with Crippen LogP contribution in [-0.2, 0) is 24.6 Å². The number of anilines is 1. The zero-order valence-electron chi connectivity index (χ0n) is 14.8. The maximum Gasteiger partial charge on any atom is 0.471 e. The van der Waals surface area contributed by atoms with Crippen molar-refractivity contribution < 1.29 is 27.8 Å². The summed E-state index contributed by atoms with van der Waals surface area (Å²) in [6, 6.07) is 6.39. The molecule has 0 aliphatic heterocycles. The first-order chi connectivity index (χ1) is 13.8. The molecule has 1 amide bonds. The molecule has 0 saturated carbocycles. The summed E-state index contributed by atoms with van der Waals surface area (Å²) in [6.07, 6.45) is -3.57. The first-order valence-electron chi connectivity index (χ1n) is 8.22. The number of hydrogen-bond acceptors (Lipinski definition) is 8. The van der Waals surface area contributed by atoms with Crippen molar-refractivity contribution in [3.05, 3.63) is 47.3 Å². The van der Waals surface area contributed by atoms with E-state index in [1.54, 1.807) is 29.6 Å². The lowest BCUT2D eigenvalue weighted by atomic mass is 10.1. The van der Waals surface area contributed by atoms with Crippen LogP contribution in [0.4, 0.5) is 19.1 Å². The van der Waals surface area contributed by atoms with Crippen LogP contribution in [0.2, 0.25) is 0 Å². The minimum atomic E-state index is -4.92. The summed E-state index contributed by atoms with van der Waals surface area (Å²) in [5.74, 6) is -1.98. The third-order valence-corrected chi connectivity index (χ3v) is 3.71. The number of hydrogen-bond donors (Lipinski definition) is 3. The van der Waals surface area contributed by atoms with Crippen molar-refractivity contribution in [1.29, 1.82) is 0 Å². The molecule has 0 radical (unpaired) electrons. The van der Waals surface area contributed by atoms with E-state index in [0.29, 0.717) is 16.8 Å². The first kappa shape index (κ1) is 20.2. The average molecular weight is 408 g/mol. The van der Waals surface area contributed by atoms with Crippen molar-refractivity contribution in [2.24, 2.45) is 0 Å². The Morgan fingerprint density at radius 2 is 1.83 bits per heavy atom. The third-order valence-electron chi connectivity index (χ3n) is 3.71. The van der Waals surface area contributed by atoms with Gasteiger partial charge in [-0.1, -0.05) is 24.3 Å². The molecule has 3 aromatic rings. The van der Waals surface area contributed by atoms with Crippen molar-refractivity contribution in [3.8, 4) is 5.88 Å². The van der Waals surface area contributed by atoms with E-state index in [0.717, 1.165) is 0 Å². The quantitative estimate of drug-likeness (QED) is 0.554. The van der Waals surface area contributed by atoms with Gasteiger partial charge in [-0.05, 0) is 11.1 Å². The van der Waals surface area contributed by atoms with Crippen LogP contribution in [0.15, 0.2) is 30.5 Å². The molecule has 0 atom stereocenters. The van der Waals surface area contributed by atoms with E-state index < -0.39 is 12.1 Å². The van der Waals surface area contributed by atoms with Crippen LogP contribution < -0.4 is 15.8 Å². The van der Waals surface area contributed by atoms with Crippen LogP contribution in [0.1, 0.15) is 16.8 Å². The van der Waals surface area contributed by atoms with Gasteiger partial charge in [-0.3, -0.25) is 4.79 Å². The normalized spacial score (nSPS) is 11.4. The number of nitrogen functional groups attached to an aromatic ring is 1. The second kappa shape index (κ2) is 8.22. The van der Waals surface area contributed by atoms with E-state index in [4.69, 9.17) is 10.5 Å². The van der Waals surface area contributed by atoms with Gasteiger partial charge in [0.1, 0.15) is 6.61 Å². The second-order valence-corrected chi connectivity index (χ2v) is 5.86. The van der Waals surface area contributed by atoms with Gasteiger partial charge in [0.05, 0.1) is 18.5 Å². The number of nitrogens with two attached hydrogens (primary N) is 1. The largest absolute Gasteiger partial charge is 0.471 e. The highest BCUT2D eigenvalue weighted by Gasteiger charge is 2.38. The van der Waals surface area contributed by atoms with E-state index in [2.05, 4.69) is 19.9 Å². The van der Waals surface area contributed by atoms with Crippen molar-refractivity contribution in [2.75, 3.05) is 5.73 Å². The summed E-state index contributed by atoms with van der Waals surface area (Å²) in [5.41, 5.74) is 7.56. The highest BCUT2D eigenvalue weighted by Crippen LogP contribution is 2.21. The Balaban J connectivity index is 1.68. The van der Waals surface area contributed by atoms with Gasteiger partial charge in [0, 0.05) is 6.54 Å². The van der Waals surface area contributed by atoms with Crippen molar-refractivity contribution in [3.63, 3.8) is 0 Å². The van der Waals surface area contributed by atoms with E-state index in [9.17, 15) is 23.1 Å². The van der Waals surface area contributed by atoms with Crippen LogP contribution >= 0.6 is 0 Å². The zero-order valence-corrected chi connectivity index (χ0v) is 14.8. The van der Waals surface area contributed by atoms with E-state index >= 15 is 0 Å². The molecule has 152 valence electrons. The van der Waals surface area contributed by atoms with Gasteiger partial charge < -0.3 is 20.9 Å². The number of carbonyl (C=O) groups excluding carboxylic acids is 1. The molecule has 0 bridgehead atoms. The number of halogens is 3. The number of aliphatic hydroxyl groups is 1. The Morgan fingerprint density at radius 1 is 1.14 bits per heavy atom. The molecule has 9 nitrogen and oxygen atoms in total. The zero-order chi connectivity index (χ0) is 21.0. The van der Waals surface area contributed by atoms with Gasteiger partial charge in [0.15, 0.2) is 11.2 Å². The van der Waals surface area contributed by atoms with E-state index in [1.807, 2.05) is 0 Å². The third kappa shape index (κ3) is 5.04. The highest BCUT2D eigenvalue weighted by atomic mass is 19.4. The Hall–Kier alpha value is -3.54. The summed E-state index contributed by atoms with van der Waals surface area (Å²) in [5, 5.41) is 11.0. The molecule has 2 heterocycles. The Labute approximate surface area is 161 Å². The van der Waals surface area contributed by atoms with Crippen molar-refractivity contribution in [1.82, 2.24) is 25.3 Å². The fraction of sp³-hybridized carbons (Fsp3) is 0.235. The molecule has 3 rings (SSSR count). The maximum absolute atomic E-state index is 12.2. The van der Waals surface area contributed by atoms with Crippen molar-refractivity contribution in [2.45, 2.75) is 25.9 Å². The summed E-state index contributed by atoms with van der Waals surface area (Å²) >= 11 is 0. The highest BCUT2D eigenvalue weighted by molar-refractivity contribution is 5.81. The lowest BCUT2D eigenvalue weighted by Gasteiger charge is -2.10. The summed E-state index contributed by atoms with van der Waals surface area (Å²) in [6.45, 7) is -0.517. The molecule has 0 fully saturated rings. The second-order valence-electron chi connectivity index (χ2n) is 5.86. The van der Waals surface area contributed by atoms with Gasteiger partial charge >= 0.3 is 12.1 Å². The Morgan fingerprint density at radius 3 is 2.48 bits per heavy atom. The number of nitrogens with one attached hydrogen (secondary N) is 1. The number of benzene rings is 1. The molecule has 0 aliphatic rings. The smallest absolute Gasteiger partial charge is 0.471 e. The van der Waals surface area contributed by atoms with Gasteiger partial charge in [-0.2, -0.15) is 23.1 Å². The number of rotatable bonds is 6. The van der Waals surface area contributed by atoms with E-state index in [-0.39, 0.29) is 42.8 Å². The van der Waals surface area contributed by atoms with Crippen LogP contribution in [0.5, 0.6) is 5.88 Å². The number of aliphatic hydroxyl groups excluding tert-OH is 1. The molecule has 0 saturated heterocycles. The summed E-state index contributed by atoms with van der Waals surface area (Å²) in [4.78, 5) is 27.0. The predicted octanol–water partition coefficient (Wildman–Crippen LogP) is 1.25. The summed E-state index contributed by atoms with van der Waals surface area (Å²) < 4.78 is 42.2. The van der Waals surface area contributed by atoms with Crippen LogP contribution in [-0.4, -0.2) is 37.1 Å². The van der Waals surface area contributed by atoms with Crippen molar-refractivity contribution >= 4 is 23.0 Å². The van der Waals surface area contributed by atoms with Gasteiger partial charge in [-0.25, -0.2) is 9.97 Å². The number of ether oxygens (including phenoxy) is 1.